The zero-order valence-corrected chi connectivity index (χ0v) is 15.8. The van der Waals surface area contributed by atoms with E-state index in [-0.39, 0.29) is 6.09 Å². The second-order valence-electron chi connectivity index (χ2n) is 7.84. The molecule has 0 aromatic carbocycles. The monoisotopic (exact) mass is 337 g/mol. The number of hydrogen-bond acceptors (Lipinski definition) is 5. The van der Waals surface area contributed by atoms with Gasteiger partial charge >= 0.3 is 6.09 Å². The third-order valence-electron chi connectivity index (χ3n) is 4.28. The molecule has 1 fully saturated rings. The highest BCUT2D eigenvalue weighted by Gasteiger charge is 2.28. The Hall–Kier alpha value is -1.56. The van der Waals surface area contributed by atoms with Gasteiger partial charge in [0.15, 0.2) is 0 Å². The first-order chi connectivity index (χ1) is 11.2. The summed E-state index contributed by atoms with van der Waals surface area (Å²) in [6, 6.07) is 0.590. The molecule has 2 rings (SSSR count). The van der Waals surface area contributed by atoms with E-state index in [0.717, 1.165) is 37.3 Å². The first-order valence-corrected chi connectivity index (χ1v) is 8.81. The summed E-state index contributed by atoms with van der Waals surface area (Å²) < 4.78 is 10.7. The molecule has 1 aliphatic heterocycles. The van der Waals surface area contributed by atoms with Crippen LogP contribution in [0, 0.1) is 13.8 Å². The molecule has 6 nitrogen and oxygen atoms in total. The quantitative estimate of drug-likeness (QED) is 0.914. The van der Waals surface area contributed by atoms with Crippen molar-refractivity contribution in [2.24, 2.45) is 0 Å². The maximum absolute atomic E-state index is 12.2. The van der Waals surface area contributed by atoms with Crippen LogP contribution in [0.25, 0.3) is 0 Å². The van der Waals surface area contributed by atoms with Crippen molar-refractivity contribution in [2.75, 3.05) is 13.1 Å². The van der Waals surface area contributed by atoms with Crippen molar-refractivity contribution in [1.29, 1.82) is 0 Å². The van der Waals surface area contributed by atoms with Crippen molar-refractivity contribution >= 4 is 6.09 Å². The number of rotatable bonds is 4. The van der Waals surface area contributed by atoms with Crippen LogP contribution < -0.4 is 5.32 Å². The Morgan fingerprint density at radius 2 is 2.17 bits per heavy atom. The Morgan fingerprint density at radius 1 is 1.46 bits per heavy atom. The number of nitrogens with one attached hydrogen (secondary N) is 1. The van der Waals surface area contributed by atoms with Crippen LogP contribution in [-0.2, 0) is 11.2 Å². The van der Waals surface area contributed by atoms with E-state index in [9.17, 15) is 4.79 Å². The number of likely N-dealkylation sites (tertiary alicyclic amines) is 1. The van der Waals surface area contributed by atoms with Gasteiger partial charge in [0.25, 0.3) is 0 Å². The van der Waals surface area contributed by atoms with Gasteiger partial charge in [-0.15, -0.1) is 0 Å². The molecule has 0 radical (unpaired) electrons. The maximum Gasteiger partial charge on any atom is 0.410 e. The number of hydrogen-bond donors (Lipinski definition) is 1. The molecule has 2 atom stereocenters. The minimum Gasteiger partial charge on any atom is -0.444 e. The van der Waals surface area contributed by atoms with Crippen LogP contribution in [0.15, 0.2) is 4.52 Å². The third-order valence-corrected chi connectivity index (χ3v) is 4.28. The van der Waals surface area contributed by atoms with Gasteiger partial charge in [-0.25, -0.2) is 4.79 Å². The molecular formula is C18H31N3O3. The first-order valence-electron chi connectivity index (χ1n) is 8.81. The fourth-order valence-corrected chi connectivity index (χ4v) is 3.17. The summed E-state index contributed by atoms with van der Waals surface area (Å²) in [6.45, 7) is 13.3. The topological polar surface area (TPSA) is 67.6 Å². The largest absolute Gasteiger partial charge is 0.444 e. The number of nitrogens with zero attached hydrogens (tertiary/aromatic N) is 2. The van der Waals surface area contributed by atoms with E-state index in [1.807, 2.05) is 39.5 Å². The van der Waals surface area contributed by atoms with Gasteiger partial charge in [-0.1, -0.05) is 5.16 Å². The number of aromatic nitrogens is 1. The molecular weight excluding hydrogens is 306 g/mol. The fraction of sp³-hybridized carbons (Fsp3) is 0.778. The van der Waals surface area contributed by atoms with E-state index in [0.29, 0.717) is 18.6 Å². The molecule has 0 bridgehead atoms. The van der Waals surface area contributed by atoms with Crippen LogP contribution in [0.4, 0.5) is 4.79 Å². The van der Waals surface area contributed by atoms with Crippen LogP contribution in [0.3, 0.4) is 0 Å². The molecule has 0 aliphatic carbocycles. The van der Waals surface area contributed by atoms with Crippen molar-refractivity contribution in [1.82, 2.24) is 15.4 Å². The molecule has 1 saturated heterocycles. The van der Waals surface area contributed by atoms with Crippen LogP contribution in [-0.4, -0.2) is 46.9 Å². The average molecular weight is 337 g/mol. The lowest BCUT2D eigenvalue weighted by atomic mass is 10.0. The van der Waals surface area contributed by atoms with Gasteiger partial charge in [0.2, 0.25) is 0 Å². The lowest BCUT2D eigenvalue weighted by molar-refractivity contribution is 0.0184. The smallest absolute Gasteiger partial charge is 0.410 e. The zero-order chi connectivity index (χ0) is 17.9. The lowest BCUT2D eigenvalue weighted by Crippen LogP contribution is -2.51. The van der Waals surface area contributed by atoms with Crippen molar-refractivity contribution in [3.05, 3.63) is 17.0 Å². The summed E-state index contributed by atoms with van der Waals surface area (Å²) in [7, 11) is 0. The number of carbonyl (C=O) groups excluding carboxylic acids is 1. The summed E-state index contributed by atoms with van der Waals surface area (Å²) in [5.74, 6) is 0.889. The van der Waals surface area contributed by atoms with Gasteiger partial charge < -0.3 is 19.5 Å². The minimum absolute atomic E-state index is 0.215. The van der Waals surface area contributed by atoms with E-state index >= 15 is 0 Å². The molecule has 1 aliphatic rings. The normalized spacial score (nSPS) is 20.1. The van der Waals surface area contributed by atoms with Crippen LogP contribution in [0.5, 0.6) is 0 Å². The van der Waals surface area contributed by atoms with Crippen molar-refractivity contribution in [2.45, 2.75) is 78.5 Å². The summed E-state index contributed by atoms with van der Waals surface area (Å²) in [5, 5.41) is 7.65. The second-order valence-corrected chi connectivity index (χ2v) is 7.84. The highest BCUT2D eigenvalue weighted by Crippen LogP contribution is 2.18. The minimum atomic E-state index is -0.450. The molecule has 1 amide bonds. The zero-order valence-electron chi connectivity index (χ0n) is 15.8. The SMILES string of the molecule is Cc1noc(C)c1C[C@@H](C)N[C@H]1CCCN(C(=O)OC(C)(C)C)C1. The Bertz CT molecular complexity index is 543. The van der Waals surface area contributed by atoms with Gasteiger partial charge in [-0.05, 0) is 60.8 Å². The number of amides is 1. The maximum atomic E-state index is 12.2. The van der Waals surface area contributed by atoms with Crippen molar-refractivity contribution < 1.29 is 14.1 Å². The van der Waals surface area contributed by atoms with E-state index in [1.54, 1.807) is 0 Å². The van der Waals surface area contributed by atoms with Gasteiger partial charge in [0, 0.05) is 30.7 Å². The highest BCUT2D eigenvalue weighted by atomic mass is 16.6. The van der Waals surface area contributed by atoms with Gasteiger partial charge in [-0.2, -0.15) is 0 Å². The first kappa shape index (κ1) is 18.8. The summed E-state index contributed by atoms with van der Waals surface area (Å²) in [4.78, 5) is 14.1. The standard InChI is InChI=1S/C18H31N3O3/c1-12(10-16-13(2)20-24-14(16)3)19-15-8-7-9-21(11-15)17(22)23-18(4,5)6/h12,15,19H,7-11H2,1-6H3/t12-,15+/m1/s1. The van der Waals surface area contributed by atoms with Crippen LogP contribution in [0.2, 0.25) is 0 Å². The number of piperidine rings is 1. The molecule has 1 aromatic rings. The van der Waals surface area contributed by atoms with Crippen LogP contribution >= 0.6 is 0 Å². The summed E-state index contributed by atoms with van der Waals surface area (Å²) in [5.41, 5.74) is 1.68. The van der Waals surface area contributed by atoms with E-state index in [1.165, 1.54) is 5.56 Å². The Labute approximate surface area is 144 Å². The molecule has 1 N–H and O–H groups in total. The van der Waals surface area contributed by atoms with E-state index in [2.05, 4.69) is 17.4 Å². The Balaban J connectivity index is 1.87. The molecule has 2 heterocycles. The molecule has 136 valence electrons. The van der Waals surface area contributed by atoms with Crippen molar-refractivity contribution in [3.8, 4) is 0 Å². The Kier molecular flexibility index (Phi) is 5.91. The number of aryl methyl sites for hydroxylation is 2. The molecule has 0 spiro atoms. The van der Waals surface area contributed by atoms with Gasteiger partial charge in [-0.3, -0.25) is 0 Å². The molecule has 6 heteroatoms. The third kappa shape index (κ3) is 5.23. The lowest BCUT2D eigenvalue weighted by Gasteiger charge is -2.35. The number of carbonyl (C=O) groups is 1. The predicted molar refractivity (Wildman–Crippen MR) is 93.1 cm³/mol. The highest BCUT2D eigenvalue weighted by molar-refractivity contribution is 5.68. The van der Waals surface area contributed by atoms with Gasteiger partial charge in [0.05, 0.1) is 5.69 Å². The Morgan fingerprint density at radius 3 is 2.75 bits per heavy atom. The molecule has 0 unspecified atom stereocenters. The second kappa shape index (κ2) is 7.55. The molecule has 1 aromatic heterocycles. The molecule has 0 saturated carbocycles. The van der Waals surface area contributed by atoms with E-state index < -0.39 is 5.60 Å². The summed E-state index contributed by atoms with van der Waals surface area (Å²) in [6.07, 6.45) is 2.73. The van der Waals surface area contributed by atoms with Crippen LogP contribution in [0.1, 0.15) is 57.6 Å². The van der Waals surface area contributed by atoms with E-state index in [4.69, 9.17) is 9.26 Å². The van der Waals surface area contributed by atoms with Crippen molar-refractivity contribution in [3.63, 3.8) is 0 Å². The average Bonchev–Trinajstić information content (AvgIpc) is 2.77. The molecule has 24 heavy (non-hydrogen) atoms. The number of ether oxygens (including phenoxy) is 1. The summed E-state index contributed by atoms with van der Waals surface area (Å²) >= 11 is 0. The van der Waals surface area contributed by atoms with Gasteiger partial charge in [0.1, 0.15) is 11.4 Å². The predicted octanol–water partition coefficient (Wildman–Crippen LogP) is 3.21. The fourth-order valence-electron chi connectivity index (χ4n) is 3.17.